The summed E-state index contributed by atoms with van der Waals surface area (Å²) in [4.78, 5) is 0. The lowest BCUT2D eigenvalue weighted by Gasteiger charge is -2.01. The van der Waals surface area contributed by atoms with Crippen molar-refractivity contribution in [1.82, 2.24) is 0 Å². The van der Waals surface area contributed by atoms with Gasteiger partial charge in [-0.1, -0.05) is 13.3 Å². The van der Waals surface area contributed by atoms with E-state index in [0.717, 1.165) is 12.8 Å². The van der Waals surface area contributed by atoms with Gasteiger partial charge in [0.2, 0.25) is 6.43 Å². The minimum atomic E-state index is -2.18. The molecule has 0 bridgehead atoms. The van der Waals surface area contributed by atoms with Crippen LogP contribution in [-0.2, 0) is 4.74 Å². The topological polar surface area (TPSA) is 9.23 Å². The van der Waals surface area contributed by atoms with Crippen LogP contribution in [0.25, 0.3) is 0 Å². The predicted octanol–water partition coefficient (Wildman–Crippen LogP) is 2.85. The molecule has 0 atom stereocenters. The summed E-state index contributed by atoms with van der Waals surface area (Å²) in [5, 5.41) is 0. The van der Waals surface area contributed by atoms with Crippen LogP contribution in [0.1, 0.15) is 32.6 Å². The number of unbranched alkanes of at least 4 members (excludes halogenated alkanes) is 1. The minimum Gasteiger partial charge on any atom is -0.381 e. The highest BCUT2D eigenvalue weighted by molar-refractivity contribution is 4.41. The third-order valence-electron chi connectivity index (χ3n) is 1.35. The van der Waals surface area contributed by atoms with Gasteiger partial charge in [-0.25, -0.2) is 8.78 Å². The molecule has 0 radical (unpaired) electrons. The van der Waals surface area contributed by atoms with Gasteiger partial charge in [0.05, 0.1) is 0 Å². The number of alkyl halides is 2. The molecule has 1 nitrogen and oxygen atoms in total. The Morgan fingerprint density at radius 3 is 2.36 bits per heavy atom. The van der Waals surface area contributed by atoms with E-state index in [4.69, 9.17) is 4.74 Å². The van der Waals surface area contributed by atoms with Crippen LogP contribution in [0.5, 0.6) is 0 Å². The van der Waals surface area contributed by atoms with Crippen LogP contribution < -0.4 is 0 Å². The summed E-state index contributed by atoms with van der Waals surface area (Å²) >= 11 is 0. The smallest absolute Gasteiger partial charge is 0.238 e. The normalized spacial score (nSPS) is 10.9. The van der Waals surface area contributed by atoms with Crippen molar-refractivity contribution < 1.29 is 13.5 Å². The maximum atomic E-state index is 11.6. The molecule has 0 N–H and O–H groups in total. The number of rotatable bonds is 7. The first-order chi connectivity index (χ1) is 5.27. The Morgan fingerprint density at radius 2 is 1.82 bits per heavy atom. The van der Waals surface area contributed by atoms with Gasteiger partial charge in [-0.3, -0.25) is 0 Å². The molecular weight excluding hydrogens is 150 g/mol. The van der Waals surface area contributed by atoms with Crippen LogP contribution in [-0.4, -0.2) is 19.6 Å². The van der Waals surface area contributed by atoms with Crippen molar-refractivity contribution in [2.24, 2.45) is 0 Å². The van der Waals surface area contributed by atoms with E-state index in [2.05, 4.69) is 6.92 Å². The fraction of sp³-hybridized carbons (Fsp3) is 1.00. The highest BCUT2D eigenvalue weighted by Crippen LogP contribution is 2.02. The fourth-order valence-electron chi connectivity index (χ4n) is 0.688. The van der Waals surface area contributed by atoms with Crippen molar-refractivity contribution in [3.63, 3.8) is 0 Å². The lowest BCUT2D eigenvalue weighted by Crippen LogP contribution is -1.99. The van der Waals surface area contributed by atoms with Gasteiger partial charge in [-0.05, 0) is 12.8 Å². The van der Waals surface area contributed by atoms with Crippen molar-refractivity contribution in [2.45, 2.75) is 39.0 Å². The first-order valence-corrected chi connectivity index (χ1v) is 4.13. The molecule has 0 heterocycles. The van der Waals surface area contributed by atoms with Crippen LogP contribution in [0.4, 0.5) is 8.78 Å². The third kappa shape index (κ3) is 9.82. The minimum absolute atomic E-state index is 0.0356. The first kappa shape index (κ1) is 10.8. The molecule has 3 heteroatoms. The summed E-state index contributed by atoms with van der Waals surface area (Å²) in [7, 11) is 0. The van der Waals surface area contributed by atoms with E-state index in [1.54, 1.807) is 0 Å². The second-order valence-corrected chi connectivity index (χ2v) is 2.50. The van der Waals surface area contributed by atoms with Crippen molar-refractivity contribution in [2.75, 3.05) is 13.2 Å². The van der Waals surface area contributed by atoms with Gasteiger partial charge in [0, 0.05) is 19.6 Å². The SMILES string of the molecule is CCCCOCCCC(F)F. The van der Waals surface area contributed by atoms with E-state index in [-0.39, 0.29) is 6.42 Å². The molecule has 0 unspecified atom stereocenters. The maximum absolute atomic E-state index is 11.6. The fourth-order valence-corrected chi connectivity index (χ4v) is 0.688. The molecule has 0 fully saturated rings. The Bertz CT molecular complexity index is 76.5. The van der Waals surface area contributed by atoms with Gasteiger partial charge < -0.3 is 4.74 Å². The van der Waals surface area contributed by atoms with E-state index in [1.165, 1.54) is 0 Å². The summed E-state index contributed by atoms with van der Waals surface area (Å²) in [6.45, 7) is 3.26. The van der Waals surface area contributed by atoms with Crippen LogP contribution in [0, 0.1) is 0 Å². The molecule has 0 aromatic heterocycles. The highest BCUT2D eigenvalue weighted by Gasteiger charge is 2.00. The Hall–Kier alpha value is -0.180. The standard InChI is InChI=1S/C8H16F2O/c1-2-3-6-11-7-4-5-8(9)10/h8H,2-7H2,1H3. The molecule has 0 rings (SSSR count). The van der Waals surface area contributed by atoms with E-state index < -0.39 is 6.43 Å². The number of ether oxygens (including phenoxy) is 1. The summed E-state index contributed by atoms with van der Waals surface area (Å²) in [6, 6.07) is 0. The Balaban J connectivity index is 2.80. The average molecular weight is 166 g/mol. The zero-order valence-corrected chi connectivity index (χ0v) is 6.98. The molecule has 0 aliphatic rings. The summed E-state index contributed by atoms with van der Waals surface area (Å²) in [6.07, 6.45) is 0.376. The Morgan fingerprint density at radius 1 is 1.18 bits per heavy atom. The van der Waals surface area contributed by atoms with Crippen LogP contribution in [0.15, 0.2) is 0 Å². The molecule has 0 spiro atoms. The van der Waals surface area contributed by atoms with Crippen molar-refractivity contribution >= 4 is 0 Å². The largest absolute Gasteiger partial charge is 0.381 e. The zero-order chi connectivity index (χ0) is 8.53. The summed E-state index contributed by atoms with van der Waals surface area (Å²) in [5.41, 5.74) is 0. The summed E-state index contributed by atoms with van der Waals surface area (Å²) in [5.74, 6) is 0. The Labute approximate surface area is 66.7 Å². The molecule has 0 aromatic rings. The lowest BCUT2D eigenvalue weighted by molar-refractivity contribution is 0.0929. The van der Waals surface area contributed by atoms with E-state index in [1.807, 2.05) is 0 Å². The monoisotopic (exact) mass is 166 g/mol. The number of hydrogen-bond donors (Lipinski definition) is 0. The van der Waals surface area contributed by atoms with Crippen LogP contribution >= 0.6 is 0 Å². The zero-order valence-electron chi connectivity index (χ0n) is 6.98. The van der Waals surface area contributed by atoms with Gasteiger partial charge in [0.1, 0.15) is 0 Å². The second kappa shape index (κ2) is 7.92. The quantitative estimate of drug-likeness (QED) is 0.528. The van der Waals surface area contributed by atoms with Gasteiger partial charge >= 0.3 is 0 Å². The molecular formula is C8H16F2O. The first-order valence-electron chi connectivity index (χ1n) is 4.13. The lowest BCUT2D eigenvalue weighted by atomic mass is 10.3. The molecule has 0 aromatic carbocycles. The van der Waals surface area contributed by atoms with Crippen molar-refractivity contribution in [3.8, 4) is 0 Å². The van der Waals surface area contributed by atoms with E-state index in [0.29, 0.717) is 19.6 Å². The van der Waals surface area contributed by atoms with Crippen LogP contribution in [0.3, 0.4) is 0 Å². The third-order valence-corrected chi connectivity index (χ3v) is 1.35. The number of hydrogen-bond acceptors (Lipinski definition) is 1. The van der Waals surface area contributed by atoms with Gasteiger partial charge in [-0.15, -0.1) is 0 Å². The van der Waals surface area contributed by atoms with Gasteiger partial charge in [0.15, 0.2) is 0 Å². The van der Waals surface area contributed by atoms with Crippen molar-refractivity contribution in [3.05, 3.63) is 0 Å². The number of halogens is 2. The van der Waals surface area contributed by atoms with Crippen molar-refractivity contribution in [1.29, 1.82) is 0 Å². The Kier molecular flexibility index (Phi) is 7.79. The van der Waals surface area contributed by atoms with E-state index in [9.17, 15) is 8.78 Å². The highest BCUT2D eigenvalue weighted by atomic mass is 19.3. The molecule has 0 saturated heterocycles. The van der Waals surface area contributed by atoms with Gasteiger partial charge in [-0.2, -0.15) is 0 Å². The molecule has 0 amide bonds. The molecule has 68 valence electrons. The average Bonchev–Trinajstić information content (AvgIpc) is 1.96. The second-order valence-electron chi connectivity index (χ2n) is 2.50. The van der Waals surface area contributed by atoms with E-state index >= 15 is 0 Å². The molecule has 0 aliphatic carbocycles. The summed E-state index contributed by atoms with van der Waals surface area (Å²) < 4.78 is 28.2. The van der Waals surface area contributed by atoms with Gasteiger partial charge in [0.25, 0.3) is 0 Å². The molecule has 0 aliphatic heterocycles. The molecule has 11 heavy (non-hydrogen) atoms. The maximum Gasteiger partial charge on any atom is 0.238 e. The molecule has 0 saturated carbocycles. The predicted molar refractivity (Wildman–Crippen MR) is 41.0 cm³/mol. The van der Waals surface area contributed by atoms with Crippen LogP contribution in [0.2, 0.25) is 0 Å².